The molecule has 19 heavy (non-hydrogen) atoms. The maximum absolute atomic E-state index is 13.8. The first-order valence-corrected chi connectivity index (χ1v) is 5.65. The summed E-state index contributed by atoms with van der Waals surface area (Å²) in [5, 5.41) is 9.08. The monoisotopic (exact) mass is 262 g/mol. The van der Waals surface area contributed by atoms with Crippen LogP contribution >= 0.6 is 0 Å². The number of benzene rings is 2. The molecule has 0 saturated carbocycles. The molecule has 2 aromatic carbocycles. The van der Waals surface area contributed by atoms with Crippen molar-refractivity contribution in [2.75, 3.05) is 0 Å². The molecule has 0 heterocycles. The smallest absolute Gasteiger partial charge is 0.198 e. The van der Waals surface area contributed by atoms with Crippen molar-refractivity contribution in [3.63, 3.8) is 0 Å². The summed E-state index contributed by atoms with van der Waals surface area (Å²) in [6.45, 7) is 1.42. The molecule has 0 radical (unpaired) electrons. The molecule has 0 amide bonds. The summed E-state index contributed by atoms with van der Waals surface area (Å²) in [5.74, 6) is -1.79. The van der Waals surface area contributed by atoms with E-state index < -0.39 is 17.4 Å². The van der Waals surface area contributed by atoms with Crippen molar-refractivity contribution >= 4 is 6.08 Å². The number of halogens is 2. The predicted octanol–water partition coefficient (Wildman–Crippen LogP) is 4.68. The molecule has 0 unspecified atom stereocenters. The first-order valence-electron chi connectivity index (χ1n) is 5.65. The van der Waals surface area contributed by atoms with E-state index in [1.54, 1.807) is 30.3 Å². The van der Waals surface area contributed by atoms with Gasteiger partial charge in [0.2, 0.25) is 0 Å². The van der Waals surface area contributed by atoms with Crippen molar-refractivity contribution in [2.45, 2.75) is 6.92 Å². The molecule has 1 N–H and O–H groups in total. The summed E-state index contributed by atoms with van der Waals surface area (Å²) >= 11 is 0. The van der Waals surface area contributed by atoms with E-state index in [0.717, 1.165) is 12.1 Å². The third-order valence-electron chi connectivity index (χ3n) is 2.36. The molecule has 2 aromatic rings. The van der Waals surface area contributed by atoms with Crippen molar-refractivity contribution in [1.82, 2.24) is 0 Å². The Morgan fingerprint density at radius 2 is 1.68 bits per heavy atom. The van der Waals surface area contributed by atoms with Crippen molar-refractivity contribution in [3.8, 4) is 11.5 Å². The van der Waals surface area contributed by atoms with Crippen LogP contribution in [-0.4, -0.2) is 5.11 Å². The van der Waals surface area contributed by atoms with Crippen molar-refractivity contribution < 1.29 is 18.6 Å². The molecule has 0 fully saturated rings. The van der Waals surface area contributed by atoms with Gasteiger partial charge in [-0.05, 0) is 42.8 Å². The molecule has 2 nitrogen and oxygen atoms in total. The Morgan fingerprint density at radius 3 is 2.21 bits per heavy atom. The van der Waals surface area contributed by atoms with E-state index in [1.165, 1.54) is 13.0 Å². The fraction of sp³-hybridized carbons (Fsp3) is 0.0667. The molecule has 0 aliphatic carbocycles. The number of para-hydroxylation sites is 1. The van der Waals surface area contributed by atoms with Crippen LogP contribution in [0.3, 0.4) is 0 Å². The van der Waals surface area contributed by atoms with Crippen molar-refractivity contribution in [1.29, 1.82) is 0 Å². The SMILES string of the molecule is C/C(O)=C\c1cc(F)c(Oc2ccccc2)c(F)c1. The van der Waals surface area contributed by atoms with Crippen LogP contribution in [0.1, 0.15) is 12.5 Å². The van der Waals surface area contributed by atoms with Crippen LogP contribution < -0.4 is 4.74 Å². The van der Waals surface area contributed by atoms with Crippen LogP contribution in [-0.2, 0) is 0 Å². The van der Waals surface area contributed by atoms with Crippen LogP contribution in [0.25, 0.3) is 6.08 Å². The van der Waals surface area contributed by atoms with Crippen LogP contribution in [0.15, 0.2) is 48.2 Å². The highest BCUT2D eigenvalue weighted by molar-refractivity contribution is 5.53. The first kappa shape index (κ1) is 13.1. The second kappa shape index (κ2) is 5.52. The number of ether oxygens (including phenoxy) is 1. The quantitative estimate of drug-likeness (QED) is 0.814. The Labute approximate surface area is 109 Å². The third kappa shape index (κ3) is 3.31. The number of aliphatic hydroxyl groups is 1. The fourth-order valence-electron chi connectivity index (χ4n) is 1.61. The van der Waals surface area contributed by atoms with Crippen molar-refractivity contribution in [3.05, 3.63) is 65.4 Å². The molecule has 2 rings (SSSR count). The minimum atomic E-state index is -0.823. The topological polar surface area (TPSA) is 29.5 Å². The highest BCUT2D eigenvalue weighted by Crippen LogP contribution is 2.29. The Kier molecular flexibility index (Phi) is 3.80. The molecule has 0 atom stereocenters. The average Bonchev–Trinajstić information content (AvgIpc) is 2.34. The zero-order valence-electron chi connectivity index (χ0n) is 10.2. The Balaban J connectivity index is 2.35. The van der Waals surface area contributed by atoms with Crippen LogP contribution in [0.2, 0.25) is 0 Å². The van der Waals surface area contributed by atoms with Crippen molar-refractivity contribution in [2.24, 2.45) is 0 Å². The summed E-state index contributed by atoms with van der Waals surface area (Å²) in [4.78, 5) is 0. The molecule has 0 spiro atoms. The van der Waals surface area contributed by atoms with E-state index >= 15 is 0 Å². The maximum Gasteiger partial charge on any atom is 0.198 e. The van der Waals surface area contributed by atoms with Gasteiger partial charge >= 0.3 is 0 Å². The van der Waals surface area contributed by atoms with Gasteiger partial charge in [-0.15, -0.1) is 0 Å². The second-order valence-corrected chi connectivity index (χ2v) is 4.01. The summed E-state index contributed by atoms with van der Waals surface area (Å²) in [7, 11) is 0. The molecule has 4 heteroatoms. The largest absolute Gasteiger partial charge is 0.513 e. The van der Waals surface area contributed by atoms with Crippen LogP contribution in [0, 0.1) is 11.6 Å². The molecular formula is C15H12F2O2. The molecule has 98 valence electrons. The maximum atomic E-state index is 13.8. The van der Waals surface area contributed by atoms with Gasteiger partial charge in [0.25, 0.3) is 0 Å². The van der Waals surface area contributed by atoms with Gasteiger partial charge < -0.3 is 9.84 Å². The van der Waals surface area contributed by atoms with E-state index in [2.05, 4.69) is 0 Å². The molecular weight excluding hydrogens is 250 g/mol. The van der Waals surface area contributed by atoms with Gasteiger partial charge in [0, 0.05) is 0 Å². The summed E-state index contributed by atoms with van der Waals surface area (Å²) in [5.41, 5.74) is 0.232. The molecule has 0 saturated heterocycles. The van der Waals surface area contributed by atoms with E-state index in [1.807, 2.05) is 0 Å². The van der Waals surface area contributed by atoms with Gasteiger partial charge in [-0.25, -0.2) is 8.78 Å². The molecule has 0 aliphatic rings. The van der Waals surface area contributed by atoms with Crippen LogP contribution in [0.5, 0.6) is 11.5 Å². The van der Waals surface area contributed by atoms with E-state index in [-0.39, 0.29) is 11.3 Å². The molecule has 0 bridgehead atoms. The summed E-state index contributed by atoms with van der Waals surface area (Å²) < 4.78 is 32.7. The highest BCUT2D eigenvalue weighted by atomic mass is 19.1. The van der Waals surface area contributed by atoms with Gasteiger partial charge in [-0.2, -0.15) is 0 Å². The Bertz CT molecular complexity index is 580. The van der Waals surface area contributed by atoms with Crippen LogP contribution in [0.4, 0.5) is 8.78 Å². The minimum Gasteiger partial charge on any atom is -0.513 e. The fourth-order valence-corrected chi connectivity index (χ4v) is 1.61. The number of hydrogen-bond acceptors (Lipinski definition) is 2. The lowest BCUT2D eigenvalue weighted by Crippen LogP contribution is -1.94. The van der Waals surface area contributed by atoms with E-state index in [0.29, 0.717) is 5.75 Å². The molecule has 0 aliphatic heterocycles. The standard InChI is InChI=1S/C15H12F2O2/c1-10(18)7-11-8-13(16)15(14(17)9-11)19-12-5-3-2-4-6-12/h2-9,18H,1H3/b10-7+. The normalized spacial score (nSPS) is 11.4. The van der Waals surface area contributed by atoms with Gasteiger partial charge in [0.05, 0.1) is 5.76 Å². The second-order valence-electron chi connectivity index (χ2n) is 4.01. The van der Waals surface area contributed by atoms with Gasteiger partial charge in [0.1, 0.15) is 5.75 Å². The Morgan fingerprint density at radius 1 is 1.11 bits per heavy atom. The van der Waals surface area contributed by atoms with E-state index in [9.17, 15) is 8.78 Å². The highest BCUT2D eigenvalue weighted by Gasteiger charge is 2.13. The average molecular weight is 262 g/mol. The lowest BCUT2D eigenvalue weighted by atomic mass is 10.2. The number of rotatable bonds is 3. The number of allylic oxidation sites excluding steroid dienone is 1. The zero-order valence-corrected chi connectivity index (χ0v) is 10.2. The number of aliphatic hydroxyl groups excluding tert-OH is 1. The first-order chi connectivity index (χ1) is 9.06. The third-order valence-corrected chi connectivity index (χ3v) is 2.36. The molecule has 0 aromatic heterocycles. The lowest BCUT2D eigenvalue weighted by Gasteiger charge is -2.08. The zero-order chi connectivity index (χ0) is 13.8. The van der Waals surface area contributed by atoms with Gasteiger partial charge in [-0.3, -0.25) is 0 Å². The lowest BCUT2D eigenvalue weighted by molar-refractivity contribution is 0.406. The summed E-state index contributed by atoms with van der Waals surface area (Å²) in [6.07, 6.45) is 1.26. The van der Waals surface area contributed by atoms with Gasteiger partial charge in [-0.1, -0.05) is 18.2 Å². The number of hydrogen-bond donors (Lipinski definition) is 1. The van der Waals surface area contributed by atoms with Gasteiger partial charge in [0.15, 0.2) is 17.4 Å². The minimum absolute atomic E-state index is 0.0319. The Hall–Kier alpha value is -2.36. The summed E-state index contributed by atoms with van der Waals surface area (Å²) in [6, 6.07) is 10.6. The van der Waals surface area contributed by atoms with E-state index in [4.69, 9.17) is 9.84 Å². The predicted molar refractivity (Wildman–Crippen MR) is 69.2 cm³/mol.